The van der Waals surface area contributed by atoms with Gasteiger partial charge in [-0.15, -0.1) is 0 Å². The molecule has 2 rings (SSSR count). The SMILES string of the molecule is CCN(CC)C(=O)c1ccc(NC(=O)CCc2ccc(S(N)(=O)=O)cc2)cc1Cl. The number of hydrogen-bond acceptors (Lipinski definition) is 4. The first-order valence-corrected chi connectivity index (χ1v) is 11.1. The lowest BCUT2D eigenvalue weighted by Gasteiger charge is -2.19. The van der Waals surface area contributed by atoms with Crippen LogP contribution in [0.25, 0.3) is 0 Å². The number of benzene rings is 2. The van der Waals surface area contributed by atoms with Gasteiger partial charge in [-0.05, 0) is 56.2 Å². The van der Waals surface area contributed by atoms with Gasteiger partial charge >= 0.3 is 0 Å². The summed E-state index contributed by atoms with van der Waals surface area (Å²) < 4.78 is 22.5. The van der Waals surface area contributed by atoms with E-state index in [1.165, 1.54) is 12.1 Å². The summed E-state index contributed by atoms with van der Waals surface area (Å²) in [6.07, 6.45) is 0.634. The number of carbonyl (C=O) groups excluding carboxylic acids is 2. The van der Waals surface area contributed by atoms with Gasteiger partial charge in [-0.2, -0.15) is 0 Å². The lowest BCUT2D eigenvalue weighted by atomic mass is 10.1. The van der Waals surface area contributed by atoms with E-state index in [1.54, 1.807) is 35.2 Å². The van der Waals surface area contributed by atoms with Gasteiger partial charge in [0.15, 0.2) is 0 Å². The van der Waals surface area contributed by atoms with Crippen LogP contribution in [0.15, 0.2) is 47.4 Å². The molecule has 3 N–H and O–H groups in total. The lowest BCUT2D eigenvalue weighted by molar-refractivity contribution is -0.116. The van der Waals surface area contributed by atoms with Crippen LogP contribution in [0.4, 0.5) is 5.69 Å². The molecule has 2 amide bonds. The Bertz CT molecular complexity index is 987. The Kier molecular flexibility index (Phi) is 7.78. The summed E-state index contributed by atoms with van der Waals surface area (Å²) in [6, 6.07) is 10.9. The van der Waals surface area contributed by atoms with Gasteiger partial charge in [0.2, 0.25) is 15.9 Å². The molecule has 0 bridgehead atoms. The molecule has 0 saturated carbocycles. The molecule has 0 unspecified atom stereocenters. The summed E-state index contributed by atoms with van der Waals surface area (Å²) in [5.74, 6) is -0.375. The Balaban J connectivity index is 1.97. The van der Waals surface area contributed by atoms with Crippen molar-refractivity contribution in [1.82, 2.24) is 4.90 Å². The number of hydrogen-bond donors (Lipinski definition) is 2. The van der Waals surface area contributed by atoms with Crippen molar-refractivity contribution in [1.29, 1.82) is 0 Å². The Morgan fingerprint density at radius 2 is 1.69 bits per heavy atom. The van der Waals surface area contributed by atoms with Crippen molar-refractivity contribution in [2.75, 3.05) is 18.4 Å². The van der Waals surface area contributed by atoms with E-state index in [0.717, 1.165) is 5.56 Å². The molecule has 0 fully saturated rings. The molecule has 0 atom stereocenters. The number of rotatable bonds is 8. The second-order valence-electron chi connectivity index (χ2n) is 6.41. The highest BCUT2D eigenvalue weighted by Crippen LogP contribution is 2.23. The first-order chi connectivity index (χ1) is 13.7. The maximum absolute atomic E-state index is 12.4. The minimum absolute atomic E-state index is 0.0275. The van der Waals surface area contributed by atoms with E-state index in [4.69, 9.17) is 16.7 Å². The molecule has 7 nitrogen and oxygen atoms in total. The molecular weight excluding hydrogens is 414 g/mol. The lowest BCUT2D eigenvalue weighted by Crippen LogP contribution is -2.30. The highest BCUT2D eigenvalue weighted by atomic mass is 35.5. The van der Waals surface area contributed by atoms with Crippen LogP contribution in [0, 0.1) is 0 Å². The van der Waals surface area contributed by atoms with Crippen LogP contribution in [0.5, 0.6) is 0 Å². The van der Waals surface area contributed by atoms with Gasteiger partial charge in [-0.1, -0.05) is 23.7 Å². The van der Waals surface area contributed by atoms with Crippen molar-refractivity contribution in [3.63, 3.8) is 0 Å². The van der Waals surface area contributed by atoms with Crippen molar-refractivity contribution < 1.29 is 18.0 Å². The molecule has 0 saturated heterocycles. The van der Waals surface area contributed by atoms with Gasteiger partial charge in [0.1, 0.15) is 0 Å². The molecule has 2 aromatic carbocycles. The van der Waals surface area contributed by atoms with Crippen LogP contribution in [0.1, 0.15) is 36.2 Å². The first kappa shape index (κ1) is 22.9. The van der Waals surface area contributed by atoms with E-state index in [1.807, 2.05) is 13.8 Å². The zero-order valence-electron chi connectivity index (χ0n) is 16.3. The van der Waals surface area contributed by atoms with Crippen LogP contribution < -0.4 is 10.5 Å². The number of nitrogens with two attached hydrogens (primary N) is 1. The quantitative estimate of drug-likeness (QED) is 0.661. The van der Waals surface area contributed by atoms with E-state index in [0.29, 0.717) is 30.8 Å². The molecule has 0 radical (unpaired) electrons. The predicted octanol–water partition coefficient (Wildman–Crippen LogP) is 3.04. The smallest absolute Gasteiger partial charge is 0.255 e. The van der Waals surface area contributed by atoms with Crippen molar-refractivity contribution in [3.8, 4) is 0 Å². The zero-order chi connectivity index (χ0) is 21.6. The second-order valence-corrected chi connectivity index (χ2v) is 8.38. The van der Waals surface area contributed by atoms with E-state index >= 15 is 0 Å². The van der Waals surface area contributed by atoms with Gasteiger partial charge in [0, 0.05) is 25.2 Å². The third-order valence-corrected chi connectivity index (χ3v) is 5.67. The number of aryl methyl sites for hydroxylation is 1. The number of carbonyl (C=O) groups is 2. The third-order valence-electron chi connectivity index (χ3n) is 4.43. The second kappa shape index (κ2) is 9.87. The Morgan fingerprint density at radius 3 is 2.21 bits per heavy atom. The fourth-order valence-electron chi connectivity index (χ4n) is 2.77. The molecule has 0 heterocycles. The highest BCUT2D eigenvalue weighted by Gasteiger charge is 2.16. The molecule has 0 aliphatic carbocycles. The van der Waals surface area contributed by atoms with Gasteiger partial charge < -0.3 is 10.2 Å². The average molecular weight is 438 g/mol. The van der Waals surface area contributed by atoms with E-state index < -0.39 is 10.0 Å². The van der Waals surface area contributed by atoms with Gasteiger partial charge in [-0.3, -0.25) is 9.59 Å². The highest BCUT2D eigenvalue weighted by molar-refractivity contribution is 7.89. The van der Waals surface area contributed by atoms with Crippen LogP contribution >= 0.6 is 11.6 Å². The molecule has 0 aliphatic rings. The molecule has 0 spiro atoms. The van der Waals surface area contributed by atoms with Crippen LogP contribution in [0.3, 0.4) is 0 Å². The van der Waals surface area contributed by atoms with E-state index in [-0.39, 0.29) is 28.2 Å². The van der Waals surface area contributed by atoms with Crippen molar-refractivity contribution in [2.45, 2.75) is 31.6 Å². The first-order valence-electron chi connectivity index (χ1n) is 9.16. The maximum atomic E-state index is 12.4. The summed E-state index contributed by atoms with van der Waals surface area (Å²) in [5, 5.41) is 8.09. The third kappa shape index (κ3) is 6.28. The van der Waals surface area contributed by atoms with Gasteiger partial charge in [0.25, 0.3) is 5.91 Å². The standard InChI is InChI=1S/C20H24ClN3O4S/c1-3-24(4-2)20(26)17-11-8-15(13-18(17)21)23-19(25)12-7-14-5-9-16(10-6-14)29(22,27)28/h5-6,8-11,13H,3-4,7,12H2,1-2H3,(H,23,25)(H2,22,27,28). The number of nitrogens with one attached hydrogen (secondary N) is 1. The summed E-state index contributed by atoms with van der Waals surface area (Å²) in [4.78, 5) is 26.3. The van der Waals surface area contributed by atoms with Crippen molar-refractivity contribution in [2.24, 2.45) is 5.14 Å². The zero-order valence-corrected chi connectivity index (χ0v) is 17.9. The van der Waals surface area contributed by atoms with Crippen LogP contribution in [-0.4, -0.2) is 38.2 Å². The molecule has 156 valence electrons. The molecule has 2 aromatic rings. The van der Waals surface area contributed by atoms with Gasteiger partial charge in [-0.25, -0.2) is 13.6 Å². The summed E-state index contributed by atoms with van der Waals surface area (Å²) in [5.41, 5.74) is 1.70. The average Bonchev–Trinajstić information content (AvgIpc) is 2.67. The number of amides is 2. The Morgan fingerprint density at radius 1 is 1.07 bits per heavy atom. The monoisotopic (exact) mass is 437 g/mol. The Hall–Kier alpha value is -2.42. The number of primary sulfonamides is 1. The fourth-order valence-corrected chi connectivity index (χ4v) is 3.55. The molecule has 0 aliphatic heterocycles. The molecule has 29 heavy (non-hydrogen) atoms. The predicted molar refractivity (Wildman–Crippen MR) is 113 cm³/mol. The van der Waals surface area contributed by atoms with Crippen molar-refractivity contribution >= 4 is 39.1 Å². The van der Waals surface area contributed by atoms with Crippen LogP contribution in [-0.2, 0) is 21.2 Å². The topological polar surface area (TPSA) is 110 Å². The van der Waals surface area contributed by atoms with Crippen LogP contribution in [0.2, 0.25) is 5.02 Å². The minimum atomic E-state index is -3.73. The van der Waals surface area contributed by atoms with E-state index in [2.05, 4.69) is 5.32 Å². The normalized spacial score (nSPS) is 11.2. The van der Waals surface area contributed by atoms with E-state index in [9.17, 15) is 18.0 Å². The number of sulfonamides is 1. The summed E-state index contributed by atoms with van der Waals surface area (Å²) in [6.45, 7) is 4.96. The number of halogens is 1. The number of nitrogens with zero attached hydrogens (tertiary/aromatic N) is 1. The molecule has 9 heteroatoms. The van der Waals surface area contributed by atoms with Crippen molar-refractivity contribution in [3.05, 3.63) is 58.6 Å². The maximum Gasteiger partial charge on any atom is 0.255 e. The minimum Gasteiger partial charge on any atom is -0.339 e. The molecule has 0 aromatic heterocycles. The largest absolute Gasteiger partial charge is 0.339 e. The number of anilines is 1. The fraction of sp³-hybridized carbons (Fsp3) is 0.300. The Labute approximate surface area is 175 Å². The van der Waals surface area contributed by atoms with Gasteiger partial charge in [0.05, 0.1) is 15.5 Å². The summed E-state index contributed by atoms with van der Waals surface area (Å²) in [7, 11) is -3.73. The summed E-state index contributed by atoms with van der Waals surface area (Å²) >= 11 is 6.23. The molecular formula is C20H24ClN3O4S.